The molecule has 0 heterocycles. The van der Waals surface area contributed by atoms with E-state index in [-0.39, 0.29) is 4.90 Å². The molecule has 0 aromatic heterocycles. The summed E-state index contributed by atoms with van der Waals surface area (Å²) in [5.74, 6) is 0. The molecule has 2 N–H and O–H groups in total. The van der Waals surface area contributed by atoms with E-state index in [4.69, 9.17) is 0 Å². The summed E-state index contributed by atoms with van der Waals surface area (Å²) >= 11 is 3.45. The van der Waals surface area contributed by atoms with Gasteiger partial charge in [0.1, 0.15) is 0 Å². The molecule has 0 spiro atoms. The van der Waals surface area contributed by atoms with Gasteiger partial charge in [-0.3, -0.25) is 0 Å². The topological polar surface area (TPSA) is 58.2 Å². The fourth-order valence-corrected chi connectivity index (χ4v) is 3.23. The van der Waals surface area contributed by atoms with Crippen molar-refractivity contribution in [2.75, 3.05) is 18.4 Å². The van der Waals surface area contributed by atoms with E-state index >= 15 is 0 Å². The van der Waals surface area contributed by atoms with Gasteiger partial charge in [0, 0.05) is 23.2 Å². The smallest absolute Gasteiger partial charge is 0.240 e. The monoisotopic (exact) mass is 382 g/mol. The zero-order valence-electron chi connectivity index (χ0n) is 12.6. The molecule has 0 aliphatic heterocycles. The van der Waals surface area contributed by atoms with Crippen LogP contribution in [0.5, 0.6) is 0 Å². The maximum atomic E-state index is 12.1. The van der Waals surface area contributed by atoms with Crippen LogP contribution in [-0.2, 0) is 10.0 Å². The predicted molar refractivity (Wildman–Crippen MR) is 93.7 cm³/mol. The number of rotatable bonds is 6. The fraction of sp³-hybridized carbons (Fsp3) is 0.250. The normalized spacial score (nSPS) is 11.4. The summed E-state index contributed by atoms with van der Waals surface area (Å²) in [4.78, 5) is 0.289. The standard InChI is InChI=1S/C16H19BrN2O2S/c1-12-3-6-15(7-4-12)22(20,21)19-10-9-18-14-5-8-16(17)13(2)11-14/h3-8,11,18-19H,9-10H2,1-2H3. The lowest BCUT2D eigenvalue weighted by Gasteiger charge is -2.10. The molecule has 2 aromatic rings. The predicted octanol–water partition coefficient (Wildman–Crippen LogP) is 3.46. The molecule has 0 bridgehead atoms. The van der Waals surface area contributed by atoms with Crippen molar-refractivity contribution in [2.45, 2.75) is 18.7 Å². The number of anilines is 1. The molecule has 2 aromatic carbocycles. The van der Waals surface area contributed by atoms with Crippen LogP contribution < -0.4 is 10.0 Å². The lowest BCUT2D eigenvalue weighted by Crippen LogP contribution is -2.28. The summed E-state index contributed by atoms with van der Waals surface area (Å²) in [6.07, 6.45) is 0. The second kappa shape index (κ2) is 7.26. The molecule has 0 aliphatic rings. The lowest BCUT2D eigenvalue weighted by atomic mass is 10.2. The Balaban J connectivity index is 1.87. The van der Waals surface area contributed by atoms with Crippen LogP contribution in [0, 0.1) is 13.8 Å². The van der Waals surface area contributed by atoms with Crippen LogP contribution in [-0.4, -0.2) is 21.5 Å². The van der Waals surface area contributed by atoms with E-state index in [9.17, 15) is 8.42 Å². The summed E-state index contributed by atoms with van der Waals surface area (Å²) in [6, 6.07) is 12.7. The van der Waals surface area contributed by atoms with Gasteiger partial charge < -0.3 is 5.32 Å². The van der Waals surface area contributed by atoms with E-state index in [2.05, 4.69) is 26.0 Å². The van der Waals surface area contributed by atoms with Crippen LogP contribution in [0.15, 0.2) is 51.8 Å². The fourth-order valence-electron chi connectivity index (χ4n) is 1.95. The summed E-state index contributed by atoms with van der Waals surface area (Å²) in [7, 11) is -3.44. The third-order valence-electron chi connectivity index (χ3n) is 3.24. The Morgan fingerprint density at radius 3 is 2.32 bits per heavy atom. The summed E-state index contributed by atoms with van der Waals surface area (Å²) < 4.78 is 27.9. The van der Waals surface area contributed by atoms with Gasteiger partial charge in [-0.1, -0.05) is 33.6 Å². The first-order valence-corrected chi connectivity index (χ1v) is 9.22. The van der Waals surface area contributed by atoms with Gasteiger partial charge in [0.15, 0.2) is 0 Å². The summed E-state index contributed by atoms with van der Waals surface area (Å²) in [5, 5.41) is 3.20. The van der Waals surface area contributed by atoms with Crippen LogP contribution in [0.1, 0.15) is 11.1 Å². The molecule has 0 saturated heterocycles. The van der Waals surface area contributed by atoms with Crippen molar-refractivity contribution in [2.24, 2.45) is 0 Å². The molecule has 0 atom stereocenters. The molecule has 0 aliphatic carbocycles. The van der Waals surface area contributed by atoms with Crippen molar-refractivity contribution in [3.63, 3.8) is 0 Å². The minimum Gasteiger partial charge on any atom is -0.384 e. The first kappa shape index (κ1) is 17.0. The number of halogens is 1. The average molecular weight is 383 g/mol. The van der Waals surface area contributed by atoms with E-state index in [0.717, 1.165) is 21.3 Å². The largest absolute Gasteiger partial charge is 0.384 e. The molecule has 0 fully saturated rings. The minimum atomic E-state index is -3.44. The second-order valence-corrected chi connectivity index (χ2v) is 7.72. The third kappa shape index (κ3) is 4.56. The van der Waals surface area contributed by atoms with Crippen molar-refractivity contribution in [3.8, 4) is 0 Å². The lowest BCUT2D eigenvalue weighted by molar-refractivity contribution is 0.583. The molecule has 0 unspecified atom stereocenters. The van der Waals surface area contributed by atoms with Crippen molar-refractivity contribution >= 4 is 31.6 Å². The molecule has 2 rings (SSSR count). The van der Waals surface area contributed by atoms with E-state index in [1.165, 1.54) is 0 Å². The SMILES string of the molecule is Cc1ccc(S(=O)(=O)NCCNc2ccc(Br)c(C)c2)cc1. The Kier molecular flexibility index (Phi) is 5.61. The molecular weight excluding hydrogens is 364 g/mol. The van der Waals surface area contributed by atoms with Gasteiger partial charge >= 0.3 is 0 Å². The van der Waals surface area contributed by atoms with Crippen molar-refractivity contribution in [1.29, 1.82) is 0 Å². The number of nitrogens with one attached hydrogen (secondary N) is 2. The van der Waals surface area contributed by atoms with Crippen LogP contribution in [0.25, 0.3) is 0 Å². The molecule has 4 nitrogen and oxygen atoms in total. The van der Waals surface area contributed by atoms with Gasteiger partial charge in [-0.25, -0.2) is 13.1 Å². The zero-order valence-corrected chi connectivity index (χ0v) is 15.0. The van der Waals surface area contributed by atoms with Gasteiger partial charge in [0.25, 0.3) is 0 Å². The quantitative estimate of drug-likeness (QED) is 0.752. The Hall–Kier alpha value is -1.37. The number of aryl methyl sites for hydroxylation is 2. The highest BCUT2D eigenvalue weighted by Gasteiger charge is 2.12. The van der Waals surface area contributed by atoms with Crippen molar-refractivity contribution < 1.29 is 8.42 Å². The molecule has 22 heavy (non-hydrogen) atoms. The van der Waals surface area contributed by atoms with Gasteiger partial charge in [0.2, 0.25) is 10.0 Å². The first-order chi connectivity index (χ1) is 10.4. The van der Waals surface area contributed by atoms with Crippen LogP contribution in [0.4, 0.5) is 5.69 Å². The first-order valence-electron chi connectivity index (χ1n) is 6.95. The van der Waals surface area contributed by atoms with E-state index in [1.807, 2.05) is 32.0 Å². The van der Waals surface area contributed by atoms with Crippen LogP contribution >= 0.6 is 15.9 Å². The molecule has 118 valence electrons. The Morgan fingerprint density at radius 2 is 1.68 bits per heavy atom. The number of hydrogen-bond acceptors (Lipinski definition) is 3. The minimum absolute atomic E-state index is 0.289. The van der Waals surface area contributed by atoms with Gasteiger partial charge in [0.05, 0.1) is 4.90 Å². The molecule has 6 heteroatoms. The number of benzene rings is 2. The third-order valence-corrected chi connectivity index (χ3v) is 5.60. The molecule has 0 radical (unpaired) electrons. The molecule has 0 amide bonds. The maximum Gasteiger partial charge on any atom is 0.240 e. The Morgan fingerprint density at radius 1 is 1.00 bits per heavy atom. The van der Waals surface area contributed by atoms with Gasteiger partial charge in [-0.05, 0) is 49.7 Å². The summed E-state index contributed by atoms with van der Waals surface area (Å²) in [5.41, 5.74) is 3.13. The van der Waals surface area contributed by atoms with Crippen molar-refractivity contribution in [1.82, 2.24) is 4.72 Å². The Bertz CT molecular complexity index is 743. The highest BCUT2D eigenvalue weighted by molar-refractivity contribution is 9.10. The van der Waals surface area contributed by atoms with E-state index < -0.39 is 10.0 Å². The summed E-state index contributed by atoms with van der Waals surface area (Å²) in [6.45, 7) is 4.78. The second-order valence-electron chi connectivity index (χ2n) is 5.10. The van der Waals surface area contributed by atoms with Crippen LogP contribution in [0.2, 0.25) is 0 Å². The van der Waals surface area contributed by atoms with Crippen LogP contribution in [0.3, 0.4) is 0 Å². The highest BCUT2D eigenvalue weighted by Crippen LogP contribution is 2.19. The zero-order chi connectivity index (χ0) is 16.2. The van der Waals surface area contributed by atoms with Gasteiger partial charge in [-0.15, -0.1) is 0 Å². The maximum absolute atomic E-state index is 12.1. The number of sulfonamides is 1. The molecule has 0 saturated carbocycles. The average Bonchev–Trinajstić information content (AvgIpc) is 2.48. The highest BCUT2D eigenvalue weighted by atomic mass is 79.9. The number of hydrogen-bond donors (Lipinski definition) is 2. The molecular formula is C16H19BrN2O2S. The van der Waals surface area contributed by atoms with E-state index in [0.29, 0.717) is 13.1 Å². The van der Waals surface area contributed by atoms with E-state index in [1.54, 1.807) is 24.3 Å². The Labute approximate surface area is 140 Å². The van der Waals surface area contributed by atoms with Crippen molar-refractivity contribution in [3.05, 3.63) is 58.1 Å². The van der Waals surface area contributed by atoms with Gasteiger partial charge in [-0.2, -0.15) is 0 Å².